The fourth-order valence-electron chi connectivity index (χ4n) is 2.37. The quantitative estimate of drug-likeness (QED) is 0.683. The van der Waals surface area contributed by atoms with Gasteiger partial charge in [0, 0.05) is 28.9 Å². The fourth-order valence-corrected chi connectivity index (χ4v) is 3.74. The number of rotatable bonds is 5. The molecule has 3 rings (SSSR count). The van der Waals surface area contributed by atoms with Crippen molar-refractivity contribution in [1.29, 1.82) is 0 Å². The van der Waals surface area contributed by atoms with Gasteiger partial charge in [-0.1, -0.05) is 11.6 Å². The molecule has 0 spiro atoms. The largest absolute Gasteiger partial charge is 0.483 e. The van der Waals surface area contributed by atoms with Crippen molar-refractivity contribution in [2.75, 3.05) is 0 Å². The maximum absolute atomic E-state index is 14.0. The summed E-state index contributed by atoms with van der Waals surface area (Å²) in [5, 5.41) is 9.93. The van der Waals surface area contributed by atoms with Gasteiger partial charge in [0.05, 0.1) is 9.72 Å². The number of carbonyl (C=O) groups is 2. The molecule has 2 aromatic heterocycles. The van der Waals surface area contributed by atoms with E-state index in [9.17, 15) is 23.5 Å². The second kappa shape index (κ2) is 6.85. The van der Waals surface area contributed by atoms with Crippen LogP contribution >= 0.6 is 22.9 Å². The van der Waals surface area contributed by atoms with E-state index in [-0.39, 0.29) is 21.0 Å². The van der Waals surface area contributed by atoms with E-state index in [1.165, 1.54) is 12.4 Å². The number of aromatic nitrogens is 1. The number of thiophene rings is 1. The van der Waals surface area contributed by atoms with Gasteiger partial charge in [-0.15, -0.1) is 11.3 Å². The third-order valence-electron chi connectivity index (χ3n) is 3.49. The van der Waals surface area contributed by atoms with Gasteiger partial charge in [0.15, 0.2) is 17.4 Å². The average Bonchev–Trinajstić information content (AvgIpc) is 2.94. The summed E-state index contributed by atoms with van der Waals surface area (Å²) in [5.74, 6) is -5.25. The molecule has 134 valence electrons. The molecule has 0 aliphatic rings. The first-order valence-electron chi connectivity index (χ1n) is 6.99. The minimum Gasteiger partial charge on any atom is -0.483 e. The lowest BCUT2D eigenvalue weighted by Crippen LogP contribution is -2.12. The van der Waals surface area contributed by atoms with E-state index in [0.29, 0.717) is 10.1 Å². The number of aromatic carboxylic acids is 1. The fraction of sp³-hybridized carbons (Fsp3) is 0.0625. The predicted octanol–water partition coefficient (Wildman–Crippen LogP) is 3.60. The highest BCUT2D eigenvalue weighted by molar-refractivity contribution is 7.21. The summed E-state index contributed by atoms with van der Waals surface area (Å²) in [7, 11) is 0. The van der Waals surface area contributed by atoms with Crippen molar-refractivity contribution in [2.45, 2.75) is 6.61 Å². The summed E-state index contributed by atoms with van der Waals surface area (Å²) in [4.78, 5) is 26.3. The lowest BCUT2D eigenvalue weighted by Gasteiger charge is -2.10. The summed E-state index contributed by atoms with van der Waals surface area (Å²) in [6.07, 6.45) is 2.76. The lowest BCUT2D eigenvalue weighted by atomic mass is 10.1. The monoisotopic (exact) mass is 398 g/mol. The van der Waals surface area contributed by atoms with Crippen molar-refractivity contribution in [3.63, 3.8) is 0 Å². The van der Waals surface area contributed by atoms with Crippen LogP contribution in [0.5, 0.6) is 5.75 Å². The first-order chi connectivity index (χ1) is 12.3. The minimum absolute atomic E-state index is 0.0792. The second-order valence-electron chi connectivity index (χ2n) is 5.13. The number of carbonyl (C=O) groups excluding carboxylic acids is 1. The highest BCUT2D eigenvalue weighted by Gasteiger charge is 2.22. The number of hydrogen-bond donors (Lipinski definition) is 2. The first kappa shape index (κ1) is 18.0. The zero-order valence-corrected chi connectivity index (χ0v) is 14.3. The molecule has 2 heterocycles. The van der Waals surface area contributed by atoms with Crippen LogP contribution in [-0.4, -0.2) is 22.0 Å². The molecular weight excluding hydrogens is 390 g/mol. The number of halogens is 3. The molecule has 0 bridgehead atoms. The van der Waals surface area contributed by atoms with Crippen LogP contribution in [0.4, 0.5) is 8.78 Å². The standard InChI is InChI=1S/C16H9ClF2N2O4S/c17-8-3-21-4-11-12(8)7(14(26-11)16(23)24)5-25-13-9(18)1-6(15(20)22)2-10(13)19/h1-4H,5H2,(H2,20,22)(H,23,24). The number of ether oxygens (including phenoxy) is 1. The number of hydrogen-bond acceptors (Lipinski definition) is 5. The van der Waals surface area contributed by atoms with Gasteiger partial charge in [-0.2, -0.15) is 0 Å². The number of pyridine rings is 1. The average molecular weight is 399 g/mol. The maximum Gasteiger partial charge on any atom is 0.346 e. The smallest absolute Gasteiger partial charge is 0.346 e. The molecule has 3 N–H and O–H groups in total. The number of fused-ring (bicyclic) bond motifs is 1. The van der Waals surface area contributed by atoms with Gasteiger partial charge in [-0.05, 0) is 12.1 Å². The zero-order chi connectivity index (χ0) is 19.0. The van der Waals surface area contributed by atoms with Gasteiger partial charge in [0.25, 0.3) is 0 Å². The SMILES string of the molecule is NC(=O)c1cc(F)c(OCc2c(C(=O)O)sc3cncc(Cl)c23)c(F)c1. The number of nitrogens with zero attached hydrogens (tertiary/aromatic N) is 1. The van der Waals surface area contributed by atoms with E-state index in [1.807, 2.05) is 0 Å². The third-order valence-corrected chi connectivity index (χ3v) is 4.93. The van der Waals surface area contributed by atoms with Crippen molar-refractivity contribution < 1.29 is 28.2 Å². The molecule has 0 saturated carbocycles. The van der Waals surface area contributed by atoms with E-state index in [1.54, 1.807) is 0 Å². The second-order valence-corrected chi connectivity index (χ2v) is 6.59. The van der Waals surface area contributed by atoms with Crippen LogP contribution in [0.15, 0.2) is 24.5 Å². The summed E-state index contributed by atoms with van der Waals surface area (Å²) in [6.45, 7) is -0.449. The number of primary amides is 1. The Morgan fingerprint density at radius 2 is 1.92 bits per heavy atom. The molecule has 0 radical (unpaired) electrons. The molecular formula is C16H9ClF2N2O4S. The van der Waals surface area contributed by atoms with Gasteiger partial charge in [-0.3, -0.25) is 9.78 Å². The number of amides is 1. The molecule has 0 aliphatic heterocycles. The van der Waals surface area contributed by atoms with Crippen molar-refractivity contribution in [2.24, 2.45) is 5.73 Å². The van der Waals surface area contributed by atoms with Crippen molar-refractivity contribution in [1.82, 2.24) is 4.98 Å². The van der Waals surface area contributed by atoms with E-state index in [2.05, 4.69) is 4.98 Å². The molecule has 6 nitrogen and oxygen atoms in total. The lowest BCUT2D eigenvalue weighted by molar-refractivity contribution is 0.0699. The van der Waals surface area contributed by atoms with E-state index in [0.717, 1.165) is 23.5 Å². The molecule has 1 amide bonds. The van der Waals surface area contributed by atoms with Crippen LogP contribution in [0, 0.1) is 11.6 Å². The third kappa shape index (κ3) is 3.18. The molecule has 10 heteroatoms. The zero-order valence-electron chi connectivity index (χ0n) is 12.8. The Balaban J connectivity index is 2.02. The van der Waals surface area contributed by atoms with Crippen LogP contribution in [0.3, 0.4) is 0 Å². The van der Waals surface area contributed by atoms with Gasteiger partial charge in [0.1, 0.15) is 11.5 Å². The number of carboxylic acid groups (broad SMARTS) is 1. The Morgan fingerprint density at radius 3 is 2.50 bits per heavy atom. The summed E-state index contributed by atoms with van der Waals surface area (Å²) >= 11 is 7.00. The summed E-state index contributed by atoms with van der Waals surface area (Å²) < 4.78 is 33.7. The van der Waals surface area contributed by atoms with Gasteiger partial charge in [0.2, 0.25) is 5.91 Å². The molecule has 1 aromatic carbocycles. The van der Waals surface area contributed by atoms with Crippen LogP contribution in [-0.2, 0) is 6.61 Å². The van der Waals surface area contributed by atoms with E-state index >= 15 is 0 Å². The van der Waals surface area contributed by atoms with Gasteiger partial charge >= 0.3 is 5.97 Å². The molecule has 0 atom stereocenters. The van der Waals surface area contributed by atoms with Crippen molar-refractivity contribution >= 4 is 44.9 Å². The van der Waals surface area contributed by atoms with Crippen LogP contribution in [0.25, 0.3) is 10.1 Å². The number of nitrogens with two attached hydrogens (primary N) is 1. The minimum atomic E-state index is -1.23. The summed E-state index contributed by atoms with van der Waals surface area (Å²) in [5.41, 5.74) is 4.80. The van der Waals surface area contributed by atoms with Crippen molar-refractivity contribution in [3.8, 4) is 5.75 Å². The number of carboxylic acids is 1. The Labute approximate surface area is 153 Å². The van der Waals surface area contributed by atoms with Crippen LogP contribution in [0.2, 0.25) is 5.02 Å². The maximum atomic E-state index is 14.0. The molecule has 0 aliphatic carbocycles. The van der Waals surface area contributed by atoms with Gasteiger partial charge < -0.3 is 15.6 Å². The Kier molecular flexibility index (Phi) is 4.75. The normalized spacial score (nSPS) is 10.9. The topological polar surface area (TPSA) is 103 Å². The Bertz CT molecular complexity index is 1030. The highest BCUT2D eigenvalue weighted by atomic mass is 35.5. The van der Waals surface area contributed by atoms with Crippen LogP contribution < -0.4 is 10.5 Å². The first-order valence-corrected chi connectivity index (χ1v) is 8.18. The van der Waals surface area contributed by atoms with Crippen LogP contribution in [0.1, 0.15) is 25.6 Å². The molecule has 0 saturated heterocycles. The number of benzene rings is 1. The summed E-state index contributed by atoms with van der Waals surface area (Å²) in [6, 6.07) is 1.48. The van der Waals surface area contributed by atoms with E-state index in [4.69, 9.17) is 22.1 Å². The highest BCUT2D eigenvalue weighted by Crippen LogP contribution is 2.36. The molecule has 0 unspecified atom stereocenters. The van der Waals surface area contributed by atoms with Crippen molar-refractivity contribution in [3.05, 3.63) is 57.2 Å². The molecule has 26 heavy (non-hydrogen) atoms. The van der Waals surface area contributed by atoms with Gasteiger partial charge in [-0.25, -0.2) is 13.6 Å². The molecule has 3 aromatic rings. The Morgan fingerprint density at radius 1 is 1.27 bits per heavy atom. The Hall–Kier alpha value is -2.78. The molecule has 0 fully saturated rings. The van der Waals surface area contributed by atoms with E-state index < -0.39 is 35.9 Å². The predicted molar refractivity (Wildman–Crippen MR) is 90.8 cm³/mol.